The van der Waals surface area contributed by atoms with Crippen molar-refractivity contribution >= 4 is 45.7 Å². The van der Waals surface area contributed by atoms with Crippen LogP contribution in [0.25, 0.3) is 0 Å². The number of hydrogen-bond acceptors (Lipinski definition) is 2. The first-order valence-corrected chi connectivity index (χ1v) is 3.79. The second kappa shape index (κ2) is 3.25. The van der Waals surface area contributed by atoms with E-state index in [4.69, 9.17) is 27.8 Å². The molecule has 0 saturated heterocycles. The van der Waals surface area contributed by atoms with E-state index in [-0.39, 0.29) is 12.4 Å². The van der Waals surface area contributed by atoms with E-state index < -0.39 is 13.8 Å². The molecule has 0 aromatic rings. The maximum atomic E-state index is 9.94. The van der Waals surface area contributed by atoms with E-state index in [1.165, 1.54) is 0 Å². The van der Waals surface area contributed by atoms with Gasteiger partial charge in [-0.05, 0) is 6.92 Å². The number of rotatable bonds is 1. The summed E-state index contributed by atoms with van der Waals surface area (Å²) in [6, 6.07) is 0. The minimum Gasteiger partial charge on any atom is -0.283 e. The smallest absolute Gasteiger partial charge is 0.283 e. The second-order valence-corrected chi connectivity index (χ2v) is 5.20. The Kier molecular flexibility index (Phi) is 4.50. The van der Waals surface area contributed by atoms with Gasteiger partial charge >= 0.3 is 0 Å². The Bertz CT molecular complexity index is 166. The van der Waals surface area contributed by atoms with E-state index in [2.05, 4.69) is 0 Å². The molecule has 58 valence electrons. The van der Waals surface area contributed by atoms with E-state index in [0.29, 0.717) is 0 Å². The monoisotopic (exact) mass is 214 g/mol. The molecule has 0 atom stereocenters. The van der Waals surface area contributed by atoms with Crippen LogP contribution >= 0.6 is 35.6 Å². The van der Waals surface area contributed by atoms with Gasteiger partial charge in [-0.3, -0.25) is 4.55 Å². The molecule has 0 radical (unpaired) electrons. The summed E-state index contributed by atoms with van der Waals surface area (Å²) in [4.78, 5) is 0. The summed E-state index contributed by atoms with van der Waals surface area (Å²) in [6.07, 6.45) is 0. The molecule has 1 N–H and O–H groups in total. The van der Waals surface area contributed by atoms with Crippen molar-refractivity contribution in [1.82, 2.24) is 0 Å². The molecule has 0 aliphatic carbocycles. The van der Waals surface area contributed by atoms with E-state index in [0.717, 1.165) is 6.92 Å². The minimum absolute atomic E-state index is 0. The van der Waals surface area contributed by atoms with E-state index in [1.807, 2.05) is 0 Å². The summed E-state index contributed by atoms with van der Waals surface area (Å²) in [6.45, 7) is 0.964. The first kappa shape index (κ1) is 12.5. The minimum atomic E-state index is -4.31. The maximum absolute atomic E-state index is 9.94. The first-order chi connectivity index (χ1) is 3.25. The molecule has 0 unspecified atom stereocenters. The molecule has 0 rings (SSSR count). The van der Waals surface area contributed by atoms with Crippen molar-refractivity contribution in [2.75, 3.05) is 0 Å². The van der Waals surface area contributed by atoms with Crippen LogP contribution in [0.1, 0.15) is 6.92 Å². The fraction of sp³-hybridized carbons (Fsp3) is 1.00. The third-order valence-electron chi connectivity index (χ3n) is 0.453. The third kappa shape index (κ3) is 4.22. The SMILES string of the molecule is CC(Cl)(Cl)S(=O)(=O)O.Cl. The van der Waals surface area contributed by atoms with Crippen LogP contribution in [0.3, 0.4) is 0 Å². The molecule has 0 aromatic carbocycles. The molecule has 0 aromatic heterocycles. The average molecular weight is 215 g/mol. The summed E-state index contributed by atoms with van der Waals surface area (Å²) in [7, 11) is -4.31. The maximum Gasteiger partial charge on any atom is 0.299 e. The summed E-state index contributed by atoms with van der Waals surface area (Å²) in [5.41, 5.74) is 0. The van der Waals surface area contributed by atoms with Crippen molar-refractivity contribution in [3.05, 3.63) is 0 Å². The molecule has 7 heteroatoms. The van der Waals surface area contributed by atoms with Crippen molar-refractivity contribution < 1.29 is 13.0 Å². The van der Waals surface area contributed by atoms with Gasteiger partial charge in [0.2, 0.25) is 3.67 Å². The highest BCUT2D eigenvalue weighted by Crippen LogP contribution is 2.25. The summed E-state index contributed by atoms with van der Waals surface area (Å²) < 4.78 is 25.9. The molecule has 0 heterocycles. The zero-order valence-corrected chi connectivity index (χ0v) is 7.48. The topological polar surface area (TPSA) is 54.4 Å². The van der Waals surface area contributed by atoms with Crippen LogP contribution in [0.4, 0.5) is 0 Å². The molecule has 0 aliphatic heterocycles. The molecule has 0 fully saturated rings. The predicted octanol–water partition coefficient (Wildman–Crippen LogP) is 1.45. The van der Waals surface area contributed by atoms with Gasteiger partial charge in [0.1, 0.15) is 0 Å². The molecular formula is C2H5Cl3O3S. The van der Waals surface area contributed by atoms with Gasteiger partial charge in [-0.1, -0.05) is 23.2 Å². The van der Waals surface area contributed by atoms with Crippen LogP contribution in [0.2, 0.25) is 0 Å². The zero-order valence-electron chi connectivity index (χ0n) is 4.34. The lowest BCUT2D eigenvalue weighted by Gasteiger charge is -2.06. The van der Waals surface area contributed by atoms with Crippen molar-refractivity contribution in [2.45, 2.75) is 10.6 Å². The highest BCUT2D eigenvalue weighted by atomic mass is 35.5. The highest BCUT2D eigenvalue weighted by Gasteiger charge is 2.32. The first-order valence-electron chi connectivity index (χ1n) is 1.60. The van der Waals surface area contributed by atoms with Gasteiger partial charge in [0, 0.05) is 0 Å². The molecule has 0 spiro atoms. The molecule has 3 nitrogen and oxygen atoms in total. The van der Waals surface area contributed by atoms with Gasteiger partial charge in [0.15, 0.2) is 0 Å². The lowest BCUT2D eigenvalue weighted by Crippen LogP contribution is -2.20. The van der Waals surface area contributed by atoms with Gasteiger partial charge < -0.3 is 0 Å². The van der Waals surface area contributed by atoms with Gasteiger partial charge in [-0.15, -0.1) is 12.4 Å². The van der Waals surface area contributed by atoms with Crippen molar-refractivity contribution in [2.24, 2.45) is 0 Å². The Morgan fingerprint density at radius 3 is 1.56 bits per heavy atom. The number of hydrogen-bond donors (Lipinski definition) is 1. The normalized spacial score (nSPS) is 12.4. The predicted molar refractivity (Wildman–Crippen MR) is 38.9 cm³/mol. The molecule has 0 aliphatic rings. The quantitative estimate of drug-likeness (QED) is 0.532. The molecular weight excluding hydrogens is 210 g/mol. The number of alkyl halides is 2. The fourth-order valence-electron chi connectivity index (χ4n) is 0. The zero-order chi connectivity index (χ0) is 7.00. The molecule has 0 saturated carbocycles. The summed E-state index contributed by atoms with van der Waals surface area (Å²) >= 11 is 9.87. The van der Waals surface area contributed by atoms with Crippen LogP contribution in [0, 0.1) is 0 Å². The molecule has 0 amide bonds. The Morgan fingerprint density at radius 2 is 1.56 bits per heavy atom. The van der Waals surface area contributed by atoms with E-state index in [1.54, 1.807) is 0 Å². The van der Waals surface area contributed by atoms with E-state index >= 15 is 0 Å². The van der Waals surface area contributed by atoms with Crippen LogP contribution in [-0.4, -0.2) is 16.6 Å². The molecule has 0 bridgehead atoms. The highest BCUT2D eigenvalue weighted by molar-refractivity contribution is 7.90. The summed E-state index contributed by atoms with van der Waals surface area (Å²) in [5, 5.41) is 0. The lowest BCUT2D eigenvalue weighted by atomic mass is 10.9. The Hall–Kier alpha value is 0.780. The Labute approximate surface area is 69.5 Å². The summed E-state index contributed by atoms with van der Waals surface area (Å²) in [5.74, 6) is 0. The average Bonchev–Trinajstić information content (AvgIpc) is 1.25. The Morgan fingerprint density at radius 1 is 1.44 bits per heavy atom. The second-order valence-electron chi connectivity index (χ2n) is 1.28. The van der Waals surface area contributed by atoms with Crippen LogP contribution in [0.5, 0.6) is 0 Å². The largest absolute Gasteiger partial charge is 0.299 e. The Balaban J connectivity index is 0. The van der Waals surface area contributed by atoms with Gasteiger partial charge in [-0.25, -0.2) is 0 Å². The standard InChI is InChI=1S/C2H4Cl2O3S.ClH/c1-2(3,4)8(5,6)7;/h1H3,(H,5,6,7);1H. The lowest BCUT2D eigenvalue weighted by molar-refractivity contribution is 0.477. The van der Waals surface area contributed by atoms with Gasteiger partial charge in [0.05, 0.1) is 0 Å². The van der Waals surface area contributed by atoms with Crippen LogP contribution in [0.15, 0.2) is 0 Å². The van der Waals surface area contributed by atoms with Crippen molar-refractivity contribution in [3.63, 3.8) is 0 Å². The third-order valence-corrected chi connectivity index (χ3v) is 2.53. The van der Waals surface area contributed by atoms with E-state index in [9.17, 15) is 8.42 Å². The van der Waals surface area contributed by atoms with Gasteiger partial charge in [0.25, 0.3) is 10.1 Å². The van der Waals surface area contributed by atoms with Crippen LogP contribution in [-0.2, 0) is 10.1 Å². The number of halogens is 3. The fourth-order valence-corrected chi connectivity index (χ4v) is 0. The van der Waals surface area contributed by atoms with Crippen molar-refractivity contribution in [1.29, 1.82) is 0 Å². The van der Waals surface area contributed by atoms with Gasteiger partial charge in [-0.2, -0.15) is 8.42 Å². The van der Waals surface area contributed by atoms with Crippen LogP contribution < -0.4 is 0 Å². The molecule has 9 heavy (non-hydrogen) atoms. The van der Waals surface area contributed by atoms with Crippen molar-refractivity contribution in [3.8, 4) is 0 Å².